The fraction of sp³-hybridized carbons (Fsp3) is 0.643. The fourth-order valence-corrected chi connectivity index (χ4v) is 1.94. The van der Waals surface area contributed by atoms with E-state index in [-0.39, 0.29) is 0 Å². The van der Waals surface area contributed by atoms with Crippen molar-refractivity contribution in [3.05, 3.63) is 30.1 Å². The van der Waals surface area contributed by atoms with Crippen molar-refractivity contribution in [1.29, 1.82) is 0 Å². The van der Waals surface area contributed by atoms with Crippen molar-refractivity contribution < 1.29 is 0 Å². The van der Waals surface area contributed by atoms with Crippen LogP contribution in [0.3, 0.4) is 0 Å². The maximum absolute atomic E-state index is 5.46. The molecule has 3 nitrogen and oxygen atoms in total. The second kappa shape index (κ2) is 9.14. The first-order valence-electron chi connectivity index (χ1n) is 6.60. The molecular formula is C14H25N3. The van der Waals surface area contributed by atoms with Crippen LogP contribution in [0.25, 0.3) is 0 Å². The van der Waals surface area contributed by atoms with E-state index in [2.05, 4.69) is 29.1 Å². The standard InChI is InChI=1S/C14H25N3/c1-17(12-6-4-2-3-5-9-15)13-14-7-10-16-11-8-14/h7-8,10-11H,2-6,9,12-13,15H2,1H3. The van der Waals surface area contributed by atoms with Crippen molar-refractivity contribution in [2.45, 2.75) is 38.6 Å². The summed E-state index contributed by atoms with van der Waals surface area (Å²) in [4.78, 5) is 6.40. The van der Waals surface area contributed by atoms with Gasteiger partial charge in [-0.3, -0.25) is 4.98 Å². The number of hydrogen-bond donors (Lipinski definition) is 1. The molecule has 0 unspecified atom stereocenters. The summed E-state index contributed by atoms with van der Waals surface area (Å²) in [5.74, 6) is 0. The average Bonchev–Trinajstić information content (AvgIpc) is 2.35. The maximum Gasteiger partial charge on any atom is 0.0271 e. The van der Waals surface area contributed by atoms with Crippen molar-refractivity contribution in [1.82, 2.24) is 9.88 Å². The monoisotopic (exact) mass is 235 g/mol. The molecule has 1 heterocycles. The van der Waals surface area contributed by atoms with Gasteiger partial charge in [0.1, 0.15) is 0 Å². The lowest BCUT2D eigenvalue weighted by Gasteiger charge is -2.16. The zero-order valence-electron chi connectivity index (χ0n) is 10.9. The van der Waals surface area contributed by atoms with Crippen LogP contribution in [0.2, 0.25) is 0 Å². The van der Waals surface area contributed by atoms with E-state index in [1.165, 1.54) is 44.2 Å². The number of unbranched alkanes of at least 4 members (excludes halogenated alkanes) is 4. The average molecular weight is 235 g/mol. The molecule has 0 aromatic carbocycles. The molecule has 1 aromatic rings. The third-order valence-electron chi connectivity index (χ3n) is 2.95. The molecule has 0 aliphatic rings. The van der Waals surface area contributed by atoms with Crippen LogP contribution in [0.1, 0.15) is 37.7 Å². The van der Waals surface area contributed by atoms with Gasteiger partial charge in [-0.25, -0.2) is 0 Å². The highest BCUT2D eigenvalue weighted by atomic mass is 15.1. The predicted octanol–water partition coefficient (Wildman–Crippen LogP) is 2.42. The van der Waals surface area contributed by atoms with Gasteiger partial charge in [-0.05, 0) is 50.7 Å². The van der Waals surface area contributed by atoms with Gasteiger partial charge in [0, 0.05) is 18.9 Å². The molecule has 0 amide bonds. The van der Waals surface area contributed by atoms with E-state index >= 15 is 0 Å². The van der Waals surface area contributed by atoms with Gasteiger partial charge >= 0.3 is 0 Å². The molecule has 1 rings (SSSR count). The minimum Gasteiger partial charge on any atom is -0.330 e. The summed E-state index contributed by atoms with van der Waals surface area (Å²) in [7, 11) is 2.18. The van der Waals surface area contributed by atoms with Gasteiger partial charge in [-0.15, -0.1) is 0 Å². The Morgan fingerprint density at radius 1 is 1.06 bits per heavy atom. The maximum atomic E-state index is 5.46. The SMILES string of the molecule is CN(CCCCCCCN)Cc1ccncc1. The van der Waals surface area contributed by atoms with Crippen LogP contribution in [-0.2, 0) is 6.54 Å². The van der Waals surface area contributed by atoms with Gasteiger partial charge in [0.05, 0.1) is 0 Å². The zero-order chi connectivity index (χ0) is 12.3. The quantitative estimate of drug-likeness (QED) is 0.668. The first-order valence-corrected chi connectivity index (χ1v) is 6.60. The van der Waals surface area contributed by atoms with E-state index < -0.39 is 0 Å². The molecule has 0 aliphatic heterocycles. The smallest absolute Gasteiger partial charge is 0.0271 e. The normalized spacial score (nSPS) is 11.0. The van der Waals surface area contributed by atoms with Crippen LogP contribution in [0.5, 0.6) is 0 Å². The van der Waals surface area contributed by atoms with Crippen LogP contribution in [0, 0.1) is 0 Å². The van der Waals surface area contributed by atoms with Crippen LogP contribution in [-0.4, -0.2) is 30.0 Å². The summed E-state index contributed by atoms with van der Waals surface area (Å²) in [6.45, 7) is 3.03. The van der Waals surface area contributed by atoms with Crippen LogP contribution in [0.15, 0.2) is 24.5 Å². The Kier molecular flexibility index (Phi) is 7.60. The Bertz CT molecular complexity index is 274. The van der Waals surface area contributed by atoms with E-state index in [1.54, 1.807) is 0 Å². The summed E-state index contributed by atoms with van der Waals surface area (Å²) in [5.41, 5.74) is 6.80. The molecule has 0 saturated heterocycles. The third kappa shape index (κ3) is 7.08. The number of nitrogens with two attached hydrogens (primary N) is 1. The molecule has 3 heteroatoms. The van der Waals surface area contributed by atoms with Gasteiger partial charge in [-0.2, -0.15) is 0 Å². The Hall–Kier alpha value is -0.930. The number of pyridine rings is 1. The molecule has 0 spiro atoms. The first kappa shape index (κ1) is 14.1. The lowest BCUT2D eigenvalue weighted by Crippen LogP contribution is -2.19. The van der Waals surface area contributed by atoms with E-state index in [0.717, 1.165) is 13.1 Å². The third-order valence-corrected chi connectivity index (χ3v) is 2.95. The molecule has 96 valence electrons. The molecule has 17 heavy (non-hydrogen) atoms. The number of rotatable bonds is 9. The number of hydrogen-bond acceptors (Lipinski definition) is 3. The highest BCUT2D eigenvalue weighted by Crippen LogP contribution is 2.05. The van der Waals surface area contributed by atoms with E-state index in [4.69, 9.17) is 5.73 Å². The van der Waals surface area contributed by atoms with Crippen molar-refractivity contribution in [3.8, 4) is 0 Å². The van der Waals surface area contributed by atoms with Crippen molar-refractivity contribution >= 4 is 0 Å². The molecule has 0 bridgehead atoms. The lowest BCUT2D eigenvalue weighted by molar-refractivity contribution is 0.316. The molecular weight excluding hydrogens is 210 g/mol. The van der Waals surface area contributed by atoms with Crippen molar-refractivity contribution in [2.75, 3.05) is 20.1 Å². The van der Waals surface area contributed by atoms with Gasteiger partial charge in [0.2, 0.25) is 0 Å². The summed E-state index contributed by atoms with van der Waals surface area (Å²) in [6.07, 6.45) is 10.1. The van der Waals surface area contributed by atoms with Gasteiger partial charge in [-0.1, -0.05) is 19.3 Å². The molecule has 1 aromatic heterocycles. The Morgan fingerprint density at radius 2 is 1.71 bits per heavy atom. The van der Waals surface area contributed by atoms with E-state index in [0.29, 0.717) is 0 Å². The molecule has 2 N–H and O–H groups in total. The van der Waals surface area contributed by atoms with Gasteiger partial charge in [0.25, 0.3) is 0 Å². The first-order chi connectivity index (χ1) is 8.33. The highest BCUT2D eigenvalue weighted by Gasteiger charge is 1.99. The van der Waals surface area contributed by atoms with Crippen molar-refractivity contribution in [2.24, 2.45) is 5.73 Å². The fourth-order valence-electron chi connectivity index (χ4n) is 1.94. The summed E-state index contributed by atoms with van der Waals surface area (Å²) >= 11 is 0. The van der Waals surface area contributed by atoms with Crippen LogP contribution < -0.4 is 5.73 Å². The topological polar surface area (TPSA) is 42.1 Å². The zero-order valence-corrected chi connectivity index (χ0v) is 10.9. The summed E-state index contributed by atoms with van der Waals surface area (Å²) in [6, 6.07) is 4.16. The molecule has 0 aliphatic carbocycles. The molecule has 0 atom stereocenters. The summed E-state index contributed by atoms with van der Waals surface area (Å²) in [5, 5.41) is 0. The second-order valence-corrected chi connectivity index (χ2v) is 4.65. The number of aromatic nitrogens is 1. The molecule has 0 fully saturated rings. The predicted molar refractivity (Wildman–Crippen MR) is 72.7 cm³/mol. The minimum atomic E-state index is 0.835. The van der Waals surface area contributed by atoms with Gasteiger partial charge in [0.15, 0.2) is 0 Å². The Labute approximate surface area is 105 Å². The molecule has 0 saturated carbocycles. The number of nitrogens with zero attached hydrogens (tertiary/aromatic N) is 2. The minimum absolute atomic E-state index is 0.835. The lowest BCUT2D eigenvalue weighted by atomic mass is 10.1. The van der Waals surface area contributed by atoms with Crippen molar-refractivity contribution in [3.63, 3.8) is 0 Å². The Morgan fingerprint density at radius 3 is 2.41 bits per heavy atom. The Balaban J connectivity index is 2.03. The molecule has 0 radical (unpaired) electrons. The second-order valence-electron chi connectivity index (χ2n) is 4.65. The highest BCUT2D eigenvalue weighted by molar-refractivity contribution is 5.09. The van der Waals surface area contributed by atoms with E-state index in [9.17, 15) is 0 Å². The van der Waals surface area contributed by atoms with Gasteiger partial charge < -0.3 is 10.6 Å². The van der Waals surface area contributed by atoms with Crippen LogP contribution >= 0.6 is 0 Å². The van der Waals surface area contributed by atoms with E-state index in [1.807, 2.05) is 12.4 Å². The van der Waals surface area contributed by atoms with Crippen LogP contribution in [0.4, 0.5) is 0 Å². The largest absolute Gasteiger partial charge is 0.330 e. The summed E-state index contributed by atoms with van der Waals surface area (Å²) < 4.78 is 0.